The van der Waals surface area contributed by atoms with Gasteiger partial charge in [-0.1, -0.05) is 24.8 Å². The Labute approximate surface area is 128 Å². The van der Waals surface area contributed by atoms with Crippen molar-refractivity contribution in [1.29, 1.82) is 0 Å². The molecule has 0 bridgehead atoms. The van der Waals surface area contributed by atoms with Crippen LogP contribution in [-0.2, 0) is 11.8 Å². The van der Waals surface area contributed by atoms with E-state index in [1.54, 1.807) is 19.4 Å². The van der Waals surface area contributed by atoms with Crippen LogP contribution in [0.3, 0.4) is 0 Å². The summed E-state index contributed by atoms with van der Waals surface area (Å²) in [5.74, 6) is 0.691. The van der Waals surface area contributed by atoms with Crippen LogP contribution >= 0.6 is 11.8 Å². The molecule has 1 aromatic carbocycles. The lowest BCUT2D eigenvalue weighted by molar-refractivity contribution is -0.115. The van der Waals surface area contributed by atoms with Gasteiger partial charge in [-0.15, -0.1) is 0 Å². The van der Waals surface area contributed by atoms with E-state index in [1.165, 1.54) is 11.8 Å². The maximum atomic E-state index is 12.4. The summed E-state index contributed by atoms with van der Waals surface area (Å²) in [6.45, 7) is 1.99. The summed E-state index contributed by atoms with van der Waals surface area (Å²) in [6.07, 6.45) is 4.33. The van der Waals surface area contributed by atoms with Gasteiger partial charge in [-0.05, 0) is 18.6 Å². The van der Waals surface area contributed by atoms with Gasteiger partial charge in [0.2, 0.25) is 5.91 Å². The zero-order chi connectivity index (χ0) is 15.2. The summed E-state index contributed by atoms with van der Waals surface area (Å²) in [5.41, 5.74) is 0.734. The van der Waals surface area contributed by atoms with Crippen molar-refractivity contribution in [2.45, 2.75) is 23.8 Å². The molecule has 0 aliphatic carbocycles. The van der Waals surface area contributed by atoms with Crippen molar-refractivity contribution in [2.24, 2.45) is 7.05 Å². The second-order valence-corrected chi connectivity index (χ2v) is 5.73. The average Bonchev–Trinajstić information content (AvgIpc) is 2.90. The van der Waals surface area contributed by atoms with Crippen molar-refractivity contribution in [3.05, 3.63) is 36.7 Å². The molecule has 0 aliphatic heterocycles. The van der Waals surface area contributed by atoms with Crippen LogP contribution in [0.2, 0.25) is 0 Å². The molecule has 21 heavy (non-hydrogen) atoms. The molecule has 0 fully saturated rings. The number of aromatic nitrogens is 2. The van der Waals surface area contributed by atoms with Gasteiger partial charge < -0.3 is 14.6 Å². The number of ether oxygens (including phenoxy) is 1. The summed E-state index contributed by atoms with van der Waals surface area (Å²) >= 11 is 1.47. The Hall–Kier alpha value is -1.95. The SMILES string of the molecule is CCC(Sc1nccn1C)C(=O)Nc1cccc(OC)c1. The topological polar surface area (TPSA) is 56.2 Å². The van der Waals surface area contributed by atoms with Gasteiger partial charge in [0.05, 0.1) is 12.4 Å². The Morgan fingerprint density at radius 1 is 1.52 bits per heavy atom. The Morgan fingerprint density at radius 2 is 2.33 bits per heavy atom. The molecule has 2 aromatic rings. The standard InChI is InChI=1S/C15H19N3O2S/c1-4-13(21-15-16-8-9-18(15)2)14(19)17-11-6-5-7-12(10-11)20-3/h5-10,13H,4H2,1-3H3,(H,17,19). The molecule has 0 saturated carbocycles. The predicted molar refractivity (Wildman–Crippen MR) is 84.8 cm³/mol. The predicted octanol–water partition coefficient (Wildman–Crippen LogP) is 2.94. The van der Waals surface area contributed by atoms with Crippen LogP contribution in [0, 0.1) is 0 Å². The van der Waals surface area contributed by atoms with Crippen LogP contribution in [0.4, 0.5) is 5.69 Å². The van der Waals surface area contributed by atoms with Crippen LogP contribution < -0.4 is 10.1 Å². The van der Waals surface area contributed by atoms with E-state index < -0.39 is 0 Å². The maximum absolute atomic E-state index is 12.4. The number of carbonyl (C=O) groups is 1. The van der Waals surface area contributed by atoms with Crippen molar-refractivity contribution in [3.63, 3.8) is 0 Å². The Bertz CT molecular complexity index is 612. The molecule has 1 aromatic heterocycles. The molecule has 6 heteroatoms. The summed E-state index contributed by atoms with van der Waals surface area (Å²) in [6, 6.07) is 7.34. The summed E-state index contributed by atoms with van der Waals surface area (Å²) in [7, 11) is 3.52. The minimum Gasteiger partial charge on any atom is -0.497 e. The van der Waals surface area contributed by atoms with Gasteiger partial charge in [0.1, 0.15) is 5.75 Å². The number of nitrogens with zero attached hydrogens (tertiary/aromatic N) is 2. The molecule has 112 valence electrons. The zero-order valence-corrected chi connectivity index (χ0v) is 13.2. The third-order valence-electron chi connectivity index (χ3n) is 3.03. The van der Waals surface area contributed by atoms with Gasteiger partial charge in [0.15, 0.2) is 5.16 Å². The summed E-state index contributed by atoms with van der Waals surface area (Å²) < 4.78 is 7.06. The zero-order valence-electron chi connectivity index (χ0n) is 12.4. The number of thioether (sulfide) groups is 1. The number of rotatable bonds is 6. The van der Waals surface area contributed by atoms with Crippen LogP contribution in [0.1, 0.15) is 13.3 Å². The number of hydrogen-bond acceptors (Lipinski definition) is 4. The van der Waals surface area contributed by atoms with Crippen molar-refractivity contribution >= 4 is 23.4 Å². The first-order valence-corrected chi connectivity index (χ1v) is 7.61. The second kappa shape index (κ2) is 7.17. The third-order valence-corrected chi connectivity index (χ3v) is 4.46. The molecule has 1 heterocycles. The Balaban J connectivity index is 2.04. The number of hydrogen-bond donors (Lipinski definition) is 1. The van der Waals surface area contributed by atoms with Gasteiger partial charge in [-0.2, -0.15) is 0 Å². The van der Waals surface area contributed by atoms with E-state index in [0.29, 0.717) is 0 Å². The molecule has 1 N–H and O–H groups in total. The molecule has 0 aliphatic rings. The molecule has 5 nitrogen and oxygen atoms in total. The van der Waals surface area contributed by atoms with Crippen molar-refractivity contribution in [1.82, 2.24) is 9.55 Å². The molecular formula is C15H19N3O2S. The second-order valence-electron chi connectivity index (χ2n) is 4.56. The third kappa shape index (κ3) is 4.01. The Morgan fingerprint density at radius 3 is 2.95 bits per heavy atom. The highest BCUT2D eigenvalue weighted by atomic mass is 32.2. The number of aryl methyl sites for hydroxylation is 1. The van der Waals surface area contributed by atoms with Gasteiger partial charge >= 0.3 is 0 Å². The fraction of sp³-hybridized carbons (Fsp3) is 0.333. The van der Waals surface area contributed by atoms with E-state index in [4.69, 9.17) is 4.74 Å². The minimum atomic E-state index is -0.183. The highest BCUT2D eigenvalue weighted by Crippen LogP contribution is 2.25. The molecule has 0 spiro atoms. The lowest BCUT2D eigenvalue weighted by atomic mass is 10.2. The first kappa shape index (κ1) is 15.4. The van der Waals surface area contributed by atoms with E-state index >= 15 is 0 Å². The van der Waals surface area contributed by atoms with Crippen LogP contribution in [0.15, 0.2) is 41.8 Å². The number of imidazole rings is 1. The molecule has 1 unspecified atom stereocenters. The lowest BCUT2D eigenvalue weighted by Gasteiger charge is -2.14. The van der Waals surface area contributed by atoms with E-state index in [2.05, 4.69) is 10.3 Å². The number of carbonyl (C=O) groups excluding carboxylic acids is 1. The molecule has 1 atom stereocenters. The Kier molecular flexibility index (Phi) is 5.27. The number of nitrogens with one attached hydrogen (secondary N) is 1. The number of amides is 1. The molecule has 0 radical (unpaired) electrons. The fourth-order valence-electron chi connectivity index (χ4n) is 1.84. The first-order valence-electron chi connectivity index (χ1n) is 6.73. The molecule has 2 rings (SSSR count). The largest absolute Gasteiger partial charge is 0.497 e. The first-order chi connectivity index (χ1) is 10.1. The average molecular weight is 305 g/mol. The van der Waals surface area contributed by atoms with Gasteiger partial charge in [0.25, 0.3) is 0 Å². The van der Waals surface area contributed by atoms with E-state index in [-0.39, 0.29) is 11.2 Å². The summed E-state index contributed by atoms with van der Waals surface area (Å²) in [5, 5.41) is 3.58. The van der Waals surface area contributed by atoms with Gasteiger partial charge in [-0.3, -0.25) is 4.79 Å². The minimum absolute atomic E-state index is 0.0289. The number of benzene rings is 1. The van der Waals surface area contributed by atoms with Crippen LogP contribution in [0.5, 0.6) is 5.75 Å². The van der Waals surface area contributed by atoms with Crippen molar-refractivity contribution in [3.8, 4) is 5.75 Å². The van der Waals surface area contributed by atoms with Crippen molar-refractivity contribution < 1.29 is 9.53 Å². The molecular weight excluding hydrogens is 286 g/mol. The fourth-order valence-corrected chi connectivity index (χ4v) is 2.77. The number of anilines is 1. The normalized spacial score (nSPS) is 12.0. The highest BCUT2D eigenvalue weighted by Gasteiger charge is 2.20. The van der Waals surface area contributed by atoms with E-state index in [1.807, 2.05) is 42.9 Å². The lowest BCUT2D eigenvalue weighted by Crippen LogP contribution is -2.25. The van der Waals surface area contributed by atoms with Crippen LogP contribution in [0.25, 0.3) is 0 Å². The van der Waals surface area contributed by atoms with Crippen molar-refractivity contribution in [2.75, 3.05) is 12.4 Å². The smallest absolute Gasteiger partial charge is 0.237 e. The van der Waals surface area contributed by atoms with E-state index in [0.717, 1.165) is 23.0 Å². The van der Waals surface area contributed by atoms with Gasteiger partial charge in [0, 0.05) is 31.2 Å². The monoisotopic (exact) mass is 305 g/mol. The maximum Gasteiger partial charge on any atom is 0.237 e. The number of methoxy groups -OCH3 is 1. The molecule has 1 amide bonds. The molecule has 0 saturated heterocycles. The van der Waals surface area contributed by atoms with Crippen LogP contribution in [-0.4, -0.2) is 27.8 Å². The quantitative estimate of drug-likeness (QED) is 0.834. The van der Waals surface area contributed by atoms with Gasteiger partial charge in [-0.25, -0.2) is 4.98 Å². The summed E-state index contributed by atoms with van der Waals surface area (Å²) in [4.78, 5) is 16.6. The van der Waals surface area contributed by atoms with E-state index in [9.17, 15) is 4.79 Å². The highest BCUT2D eigenvalue weighted by molar-refractivity contribution is 8.00.